The highest BCUT2D eigenvalue weighted by molar-refractivity contribution is 7.86. The van der Waals surface area contributed by atoms with Crippen LogP contribution < -0.4 is 0 Å². The lowest BCUT2D eigenvalue weighted by Gasteiger charge is -2.17. The molecule has 1 unspecified atom stereocenters. The molecule has 0 amide bonds. The van der Waals surface area contributed by atoms with E-state index in [0.717, 1.165) is 0 Å². The van der Waals surface area contributed by atoms with E-state index in [1.807, 2.05) is 0 Å². The van der Waals surface area contributed by atoms with Gasteiger partial charge >= 0.3 is 5.97 Å². The largest absolute Gasteiger partial charge is 0.455 e. The van der Waals surface area contributed by atoms with Crippen LogP contribution in [0.3, 0.4) is 0 Å². The number of hydrogen-bond donors (Lipinski definition) is 2. The summed E-state index contributed by atoms with van der Waals surface area (Å²) < 4.78 is 70.1. The molecule has 0 heterocycles. The molecule has 0 aromatic carbocycles. The predicted molar refractivity (Wildman–Crippen MR) is 82.1 cm³/mol. The Balaban J connectivity index is 4.55. The minimum Gasteiger partial charge on any atom is -0.455 e. The summed E-state index contributed by atoms with van der Waals surface area (Å²) in [5.74, 6) is -2.35. The fourth-order valence-electron chi connectivity index (χ4n) is 1.44. The van der Waals surface area contributed by atoms with E-state index in [1.54, 1.807) is 0 Å². The highest BCUT2D eigenvalue weighted by Crippen LogP contribution is 2.09. The quantitative estimate of drug-likeness (QED) is 0.161. The molecule has 11 heteroatoms. The first-order valence-corrected chi connectivity index (χ1v) is 9.64. The van der Waals surface area contributed by atoms with Gasteiger partial charge in [0.25, 0.3) is 20.2 Å². The molecule has 0 radical (unpaired) electrons. The minimum absolute atomic E-state index is 0.0529. The SMILES string of the molecule is C=CCOCC(CS(=O)(=O)O)OC(=O)C(=C)CCCS(=O)(=O)O. The Bertz CT molecular complexity index is 619. The van der Waals surface area contributed by atoms with Gasteiger partial charge in [-0.25, -0.2) is 4.79 Å². The highest BCUT2D eigenvalue weighted by Gasteiger charge is 2.22. The summed E-state index contributed by atoms with van der Waals surface area (Å²) in [4.78, 5) is 11.7. The first kappa shape index (κ1) is 21.7. The van der Waals surface area contributed by atoms with Gasteiger partial charge < -0.3 is 9.47 Å². The third-order valence-corrected chi connectivity index (χ3v) is 3.98. The van der Waals surface area contributed by atoms with Crippen molar-refractivity contribution in [2.24, 2.45) is 0 Å². The van der Waals surface area contributed by atoms with E-state index in [1.165, 1.54) is 6.08 Å². The fourth-order valence-corrected chi connectivity index (χ4v) is 2.58. The molecule has 0 aliphatic carbocycles. The second-order valence-corrected chi connectivity index (χ2v) is 7.66. The second kappa shape index (κ2) is 9.78. The van der Waals surface area contributed by atoms with Crippen molar-refractivity contribution in [2.75, 3.05) is 24.7 Å². The zero-order valence-electron chi connectivity index (χ0n) is 12.4. The molecular formula is C12H20O9S2. The van der Waals surface area contributed by atoms with Crippen molar-refractivity contribution >= 4 is 26.2 Å². The van der Waals surface area contributed by atoms with Gasteiger partial charge in [0, 0.05) is 5.57 Å². The minimum atomic E-state index is -4.39. The molecule has 0 aromatic heterocycles. The Morgan fingerprint density at radius 2 is 1.78 bits per heavy atom. The molecule has 2 N–H and O–H groups in total. The molecule has 9 nitrogen and oxygen atoms in total. The Labute approximate surface area is 135 Å². The van der Waals surface area contributed by atoms with E-state index >= 15 is 0 Å². The van der Waals surface area contributed by atoms with Crippen molar-refractivity contribution in [3.05, 3.63) is 24.8 Å². The second-order valence-electron chi connectivity index (χ2n) is 4.60. The Morgan fingerprint density at radius 1 is 1.17 bits per heavy atom. The van der Waals surface area contributed by atoms with Crippen LogP contribution in [0.1, 0.15) is 12.8 Å². The Kier molecular flexibility index (Phi) is 9.24. The van der Waals surface area contributed by atoms with Crippen LogP contribution >= 0.6 is 0 Å². The Morgan fingerprint density at radius 3 is 2.26 bits per heavy atom. The molecule has 134 valence electrons. The van der Waals surface area contributed by atoms with Crippen molar-refractivity contribution in [1.82, 2.24) is 0 Å². The van der Waals surface area contributed by atoms with Gasteiger partial charge in [0.1, 0.15) is 11.9 Å². The van der Waals surface area contributed by atoms with Gasteiger partial charge in [-0.1, -0.05) is 12.7 Å². The van der Waals surface area contributed by atoms with Crippen LogP contribution in [0.25, 0.3) is 0 Å². The van der Waals surface area contributed by atoms with Gasteiger partial charge in [-0.05, 0) is 12.8 Å². The summed E-state index contributed by atoms with van der Waals surface area (Å²) in [5.41, 5.74) is -0.0993. The maximum atomic E-state index is 11.7. The third kappa shape index (κ3) is 12.9. The molecule has 0 aliphatic rings. The van der Waals surface area contributed by atoms with Gasteiger partial charge in [0.05, 0.1) is 19.0 Å². The molecule has 0 saturated carbocycles. The number of carbonyl (C=O) groups excluding carboxylic acids is 1. The number of carbonyl (C=O) groups is 1. The molecule has 0 aromatic rings. The molecule has 23 heavy (non-hydrogen) atoms. The van der Waals surface area contributed by atoms with Crippen LogP contribution in [-0.2, 0) is 34.5 Å². The van der Waals surface area contributed by atoms with Gasteiger partial charge in [-0.3, -0.25) is 9.11 Å². The normalized spacial score (nSPS) is 13.3. The maximum Gasteiger partial charge on any atom is 0.333 e. The summed E-state index contributed by atoms with van der Waals surface area (Å²) >= 11 is 0. The van der Waals surface area contributed by atoms with Crippen molar-refractivity contribution in [3.8, 4) is 0 Å². The van der Waals surface area contributed by atoms with E-state index in [9.17, 15) is 21.6 Å². The molecule has 0 spiro atoms. The predicted octanol–water partition coefficient (Wildman–Crippen LogP) is 0.213. The van der Waals surface area contributed by atoms with Crippen LogP contribution in [0.2, 0.25) is 0 Å². The standard InChI is InChI=1S/C12H20O9S2/c1-3-6-20-8-11(9-23(17,18)19)21-12(13)10(2)5-4-7-22(14,15)16/h3,11H,1-2,4-9H2,(H,14,15,16)(H,17,18,19). The van der Waals surface area contributed by atoms with Crippen LogP contribution in [0, 0.1) is 0 Å². The highest BCUT2D eigenvalue weighted by atomic mass is 32.2. The van der Waals surface area contributed by atoms with Gasteiger partial charge in [0.2, 0.25) is 0 Å². The summed E-state index contributed by atoms with van der Waals surface area (Å²) in [6, 6.07) is 0. The number of rotatable bonds is 12. The van der Waals surface area contributed by atoms with Crippen molar-refractivity contribution in [1.29, 1.82) is 0 Å². The number of esters is 1. The summed E-state index contributed by atoms with van der Waals surface area (Å²) in [6.07, 6.45) is 0.0318. The van der Waals surface area contributed by atoms with E-state index in [-0.39, 0.29) is 31.6 Å². The first-order chi connectivity index (χ1) is 10.4. The van der Waals surface area contributed by atoms with Gasteiger partial charge in [0.15, 0.2) is 0 Å². The lowest BCUT2D eigenvalue weighted by Crippen LogP contribution is -2.31. The van der Waals surface area contributed by atoms with Gasteiger partial charge in [-0.15, -0.1) is 6.58 Å². The summed E-state index contributed by atoms with van der Waals surface area (Å²) in [7, 11) is -8.54. The van der Waals surface area contributed by atoms with Crippen LogP contribution in [-0.4, -0.2) is 62.7 Å². The average molecular weight is 372 g/mol. The Hall–Kier alpha value is -1.27. The number of ether oxygens (including phenoxy) is 2. The molecule has 0 saturated heterocycles. The summed E-state index contributed by atoms with van der Waals surface area (Å²) in [5, 5.41) is 0. The fraction of sp³-hybridized carbons (Fsp3) is 0.583. The van der Waals surface area contributed by atoms with E-state index < -0.39 is 43.8 Å². The maximum absolute atomic E-state index is 11.7. The molecule has 0 aliphatic heterocycles. The lowest BCUT2D eigenvalue weighted by molar-refractivity contribution is -0.146. The van der Waals surface area contributed by atoms with E-state index in [0.29, 0.717) is 0 Å². The number of hydrogen-bond acceptors (Lipinski definition) is 7. The van der Waals surface area contributed by atoms with E-state index in [2.05, 4.69) is 13.2 Å². The van der Waals surface area contributed by atoms with Crippen molar-refractivity contribution in [2.45, 2.75) is 18.9 Å². The zero-order chi connectivity index (χ0) is 18.1. The zero-order valence-corrected chi connectivity index (χ0v) is 14.0. The topological polar surface area (TPSA) is 144 Å². The molecule has 0 fully saturated rings. The monoisotopic (exact) mass is 372 g/mol. The third-order valence-electron chi connectivity index (χ3n) is 2.38. The average Bonchev–Trinajstić information content (AvgIpc) is 2.35. The van der Waals surface area contributed by atoms with Crippen molar-refractivity contribution in [3.63, 3.8) is 0 Å². The lowest BCUT2D eigenvalue weighted by atomic mass is 10.2. The molecule has 1 atom stereocenters. The van der Waals surface area contributed by atoms with Crippen LogP contribution in [0.4, 0.5) is 0 Å². The molecule has 0 rings (SSSR count). The molecular weight excluding hydrogens is 352 g/mol. The smallest absolute Gasteiger partial charge is 0.333 e. The van der Waals surface area contributed by atoms with Gasteiger partial charge in [-0.2, -0.15) is 16.8 Å². The first-order valence-electron chi connectivity index (χ1n) is 6.42. The van der Waals surface area contributed by atoms with Crippen LogP contribution in [0.5, 0.6) is 0 Å². The van der Waals surface area contributed by atoms with Crippen molar-refractivity contribution < 1.29 is 40.2 Å². The molecule has 0 bridgehead atoms. The van der Waals surface area contributed by atoms with Crippen LogP contribution in [0.15, 0.2) is 24.8 Å². The van der Waals surface area contributed by atoms with E-state index in [4.69, 9.17) is 18.6 Å². The summed E-state index contributed by atoms with van der Waals surface area (Å²) in [6.45, 7) is 6.60.